The number of benzene rings is 2. The SMILES string of the molecule is CC(C)(C)n1cc(C(=O)Nc2cccc(C(=O)N3CCc4ccccc43)c2)nn1. The first-order valence-electron chi connectivity index (χ1n) is 9.57. The maximum absolute atomic E-state index is 13.0. The zero-order valence-electron chi connectivity index (χ0n) is 16.7. The molecule has 0 bridgehead atoms. The number of aromatic nitrogens is 3. The molecule has 0 fully saturated rings. The lowest BCUT2D eigenvalue weighted by Gasteiger charge is -2.18. The number of hydrogen-bond acceptors (Lipinski definition) is 4. The molecule has 2 heterocycles. The van der Waals surface area contributed by atoms with Crippen molar-refractivity contribution in [3.8, 4) is 0 Å². The molecule has 0 atom stereocenters. The van der Waals surface area contributed by atoms with Crippen molar-refractivity contribution in [2.45, 2.75) is 32.7 Å². The second-order valence-electron chi connectivity index (χ2n) is 8.09. The Morgan fingerprint density at radius 3 is 2.62 bits per heavy atom. The average molecular weight is 389 g/mol. The van der Waals surface area contributed by atoms with E-state index in [1.54, 1.807) is 40.0 Å². The Morgan fingerprint density at radius 2 is 1.86 bits per heavy atom. The van der Waals surface area contributed by atoms with E-state index in [2.05, 4.69) is 15.6 Å². The van der Waals surface area contributed by atoms with Crippen LogP contribution in [0.5, 0.6) is 0 Å². The number of para-hydroxylation sites is 1. The molecule has 2 amide bonds. The summed E-state index contributed by atoms with van der Waals surface area (Å²) in [5.74, 6) is -0.443. The average Bonchev–Trinajstić information content (AvgIpc) is 3.35. The van der Waals surface area contributed by atoms with Crippen LogP contribution in [0, 0.1) is 0 Å². The molecule has 29 heavy (non-hydrogen) atoms. The van der Waals surface area contributed by atoms with E-state index in [0.29, 0.717) is 17.8 Å². The van der Waals surface area contributed by atoms with Gasteiger partial charge in [0.25, 0.3) is 11.8 Å². The number of amides is 2. The van der Waals surface area contributed by atoms with Gasteiger partial charge in [0.05, 0.1) is 11.7 Å². The molecule has 0 saturated heterocycles. The van der Waals surface area contributed by atoms with Crippen molar-refractivity contribution in [2.75, 3.05) is 16.8 Å². The third-order valence-corrected chi connectivity index (χ3v) is 4.91. The van der Waals surface area contributed by atoms with Crippen LogP contribution in [0.25, 0.3) is 0 Å². The standard InChI is InChI=1S/C22H23N5O2/c1-22(2,3)27-14-18(24-25-27)20(28)23-17-9-6-8-16(13-17)21(29)26-12-11-15-7-4-5-10-19(15)26/h4-10,13-14H,11-12H2,1-3H3,(H,23,28). The second kappa shape index (κ2) is 7.16. The van der Waals surface area contributed by atoms with Crippen LogP contribution in [0.1, 0.15) is 47.2 Å². The third kappa shape index (κ3) is 3.76. The zero-order valence-corrected chi connectivity index (χ0v) is 16.7. The first-order chi connectivity index (χ1) is 13.8. The maximum Gasteiger partial charge on any atom is 0.277 e. The lowest BCUT2D eigenvalue weighted by Crippen LogP contribution is -2.28. The fourth-order valence-electron chi connectivity index (χ4n) is 3.33. The van der Waals surface area contributed by atoms with Crippen LogP contribution in [-0.2, 0) is 12.0 Å². The van der Waals surface area contributed by atoms with Gasteiger partial charge in [-0.1, -0.05) is 29.5 Å². The fraction of sp³-hybridized carbons (Fsp3) is 0.273. The van der Waals surface area contributed by atoms with Gasteiger partial charge in [0.1, 0.15) is 0 Å². The predicted octanol–water partition coefficient (Wildman–Crippen LogP) is 3.49. The van der Waals surface area contributed by atoms with Crippen molar-refractivity contribution in [1.29, 1.82) is 0 Å². The minimum atomic E-state index is -0.364. The summed E-state index contributed by atoms with van der Waals surface area (Å²) < 4.78 is 1.65. The zero-order chi connectivity index (χ0) is 20.6. The molecule has 0 radical (unpaired) electrons. The summed E-state index contributed by atoms with van der Waals surface area (Å²) in [6.45, 7) is 6.60. The van der Waals surface area contributed by atoms with Crippen LogP contribution in [-0.4, -0.2) is 33.4 Å². The van der Waals surface area contributed by atoms with E-state index in [9.17, 15) is 9.59 Å². The van der Waals surface area contributed by atoms with Crippen molar-refractivity contribution < 1.29 is 9.59 Å². The molecule has 1 aliphatic heterocycles. The number of carbonyl (C=O) groups is 2. The van der Waals surface area contributed by atoms with Gasteiger partial charge in [0.15, 0.2) is 5.69 Å². The van der Waals surface area contributed by atoms with Gasteiger partial charge >= 0.3 is 0 Å². The number of rotatable bonds is 3. The predicted molar refractivity (Wildman–Crippen MR) is 111 cm³/mol. The molecular formula is C22H23N5O2. The molecule has 2 aromatic carbocycles. The van der Waals surface area contributed by atoms with E-state index in [0.717, 1.165) is 12.1 Å². The molecule has 1 aliphatic rings. The number of hydrogen-bond donors (Lipinski definition) is 1. The van der Waals surface area contributed by atoms with E-state index in [1.165, 1.54) is 5.56 Å². The molecule has 0 unspecified atom stereocenters. The Bertz CT molecular complexity index is 1080. The molecule has 0 saturated carbocycles. The van der Waals surface area contributed by atoms with E-state index in [-0.39, 0.29) is 23.0 Å². The molecule has 148 valence electrons. The number of fused-ring (bicyclic) bond motifs is 1. The Labute approximate surface area is 169 Å². The summed E-state index contributed by atoms with van der Waals surface area (Å²) in [6.07, 6.45) is 2.47. The molecule has 0 spiro atoms. The molecule has 3 aromatic rings. The van der Waals surface area contributed by atoms with E-state index < -0.39 is 0 Å². The minimum absolute atomic E-state index is 0.0790. The Morgan fingerprint density at radius 1 is 1.07 bits per heavy atom. The van der Waals surface area contributed by atoms with Crippen LogP contribution < -0.4 is 10.2 Å². The van der Waals surface area contributed by atoms with Gasteiger partial charge in [0, 0.05) is 23.5 Å². The number of nitrogens with zero attached hydrogens (tertiary/aromatic N) is 4. The first kappa shape index (κ1) is 18.9. The second-order valence-corrected chi connectivity index (χ2v) is 8.09. The van der Waals surface area contributed by atoms with Gasteiger partial charge in [0.2, 0.25) is 0 Å². The molecule has 0 aliphatic carbocycles. The van der Waals surface area contributed by atoms with Gasteiger partial charge < -0.3 is 10.2 Å². The summed E-state index contributed by atoms with van der Waals surface area (Å²) in [6, 6.07) is 14.9. The van der Waals surface area contributed by atoms with Crippen LogP contribution in [0.15, 0.2) is 54.7 Å². The van der Waals surface area contributed by atoms with Crippen LogP contribution in [0.2, 0.25) is 0 Å². The van der Waals surface area contributed by atoms with Crippen molar-refractivity contribution in [3.05, 3.63) is 71.5 Å². The Hall–Kier alpha value is -3.48. The summed E-state index contributed by atoms with van der Waals surface area (Å²) in [5, 5.41) is 10.8. The van der Waals surface area contributed by atoms with Crippen molar-refractivity contribution >= 4 is 23.2 Å². The molecule has 1 N–H and O–H groups in total. The summed E-state index contributed by atoms with van der Waals surface area (Å²) in [5.41, 5.74) is 3.16. The monoisotopic (exact) mass is 389 g/mol. The molecule has 1 aromatic heterocycles. The van der Waals surface area contributed by atoms with Gasteiger partial charge in [-0.25, -0.2) is 4.68 Å². The molecule has 4 rings (SSSR count). The summed E-state index contributed by atoms with van der Waals surface area (Å²) in [7, 11) is 0. The van der Waals surface area contributed by atoms with Gasteiger partial charge in [-0.15, -0.1) is 5.10 Å². The minimum Gasteiger partial charge on any atom is -0.321 e. The normalized spacial score (nSPS) is 13.3. The molecule has 7 nitrogen and oxygen atoms in total. The Kier molecular flexibility index (Phi) is 4.66. The van der Waals surface area contributed by atoms with Crippen LogP contribution >= 0.6 is 0 Å². The van der Waals surface area contributed by atoms with Gasteiger partial charge in [-0.3, -0.25) is 9.59 Å². The van der Waals surface area contributed by atoms with E-state index >= 15 is 0 Å². The molecular weight excluding hydrogens is 366 g/mol. The highest BCUT2D eigenvalue weighted by molar-refractivity contribution is 6.08. The van der Waals surface area contributed by atoms with Crippen LogP contribution in [0.4, 0.5) is 11.4 Å². The number of anilines is 2. The quantitative estimate of drug-likeness (QED) is 0.744. The van der Waals surface area contributed by atoms with Crippen molar-refractivity contribution in [2.24, 2.45) is 0 Å². The summed E-state index contributed by atoms with van der Waals surface area (Å²) >= 11 is 0. The van der Waals surface area contributed by atoms with Crippen molar-refractivity contribution in [3.63, 3.8) is 0 Å². The highest BCUT2D eigenvalue weighted by atomic mass is 16.2. The fourth-order valence-corrected chi connectivity index (χ4v) is 3.33. The van der Waals surface area contributed by atoms with Gasteiger partial charge in [-0.05, 0) is 57.0 Å². The summed E-state index contributed by atoms with van der Waals surface area (Å²) in [4.78, 5) is 27.3. The Balaban J connectivity index is 1.51. The number of nitrogens with one attached hydrogen (secondary N) is 1. The largest absolute Gasteiger partial charge is 0.321 e. The highest BCUT2D eigenvalue weighted by Crippen LogP contribution is 2.29. The highest BCUT2D eigenvalue weighted by Gasteiger charge is 2.25. The maximum atomic E-state index is 13.0. The first-order valence-corrected chi connectivity index (χ1v) is 9.57. The van der Waals surface area contributed by atoms with E-state index in [4.69, 9.17) is 0 Å². The van der Waals surface area contributed by atoms with Crippen LogP contribution in [0.3, 0.4) is 0 Å². The van der Waals surface area contributed by atoms with Crippen molar-refractivity contribution in [1.82, 2.24) is 15.0 Å². The van der Waals surface area contributed by atoms with Gasteiger partial charge in [-0.2, -0.15) is 0 Å². The molecule has 7 heteroatoms. The lowest BCUT2D eigenvalue weighted by molar-refractivity contribution is 0.0986. The topological polar surface area (TPSA) is 80.1 Å². The smallest absolute Gasteiger partial charge is 0.277 e. The third-order valence-electron chi connectivity index (χ3n) is 4.91. The van der Waals surface area contributed by atoms with E-state index in [1.807, 2.05) is 45.0 Å². The number of carbonyl (C=O) groups excluding carboxylic acids is 2. The lowest BCUT2D eigenvalue weighted by atomic mass is 10.1.